The van der Waals surface area contributed by atoms with Crippen molar-refractivity contribution in [3.05, 3.63) is 150 Å². The molecule has 3 heteroatoms. The molecule has 1 aliphatic rings. The highest BCUT2D eigenvalue weighted by molar-refractivity contribution is 6.43. The molecule has 0 bridgehead atoms. The zero-order valence-corrected chi connectivity index (χ0v) is 18.5. The van der Waals surface area contributed by atoms with Crippen LogP contribution in [0.2, 0.25) is 0 Å². The van der Waals surface area contributed by atoms with Crippen LogP contribution in [0.3, 0.4) is 0 Å². The fourth-order valence-electron chi connectivity index (χ4n) is 3.90. The molecule has 4 aromatic carbocycles. The lowest BCUT2D eigenvalue weighted by atomic mass is 9.86. The Morgan fingerprint density at radius 1 is 0.500 bits per heavy atom. The molecular formula is C31H22N2O. The van der Waals surface area contributed by atoms with Gasteiger partial charge in [0.05, 0.1) is 11.9 Å². The Labute approximate surface area is 199 Å². The normalized spacial score (nSPS) is 13.5. The van der Waals surface area contributed by atoms with E-state index in [4.69, 9.17) is 0 Å². The number of allylic oxidation sites excluding steroid dienone is 5. The number of carbonyl (C=O) groups excluding carboxylic acids is 1. The molecule has 0 fully saturated rings. The summed E-state index contributed by atoms with van der Waals surface area (Å²) in [7, 11) is 0. The fourth-order valence-corrected chi connectivity index (χ4v) is 3.90. The third kappa shape index (κ3) is 4.74. The Morgan fingerprint density at radius 2 is 0.941 bits per heavy atom. The average Bonchev–Trinajstić information content (AvgIpc) is 2.91. The van der Waals surface area contributed by atoms with Gasteiger partial charge in [0.25, 0.3) is 0 Å². The second-order valence-electron chi connectivity index (χ2n) is 7.93. The highest BCUT2D eigenvalue weighted by Gasteiger charge is 2.22. The zero-order chi connectivity index (χ0) is 23.2. The number of Topliss-reactive ketones (excluding diaryl/α,β-unsaturated/α-hetero) is 1. The first-order valence-electron chi connectivity index (χ1n) is 11.1. The van der Waals surface area contributed by atoms with Gasteiger partial charge in [-0.25, -0.2) is 0 Å². The molecule has 0 aromatic heterocycles. The number of carbonyl (C=O) groups is 1. The lowest BCUT2D eigenvalue weighted by Gasteiger charge is -2.16. The summed E-state index contributed by atoms with van der Waals surface area (Å²) in [6, 6.07) is 37.6. The van der Waals surface area contributed by atoms with Crippen LogP contribution in [0, 0.1) is 0 Å². The van der Waals surface area contributed by atoms with Crippen molar-refractivity contribution in [3.8, 4) is 11.1 Å². The summed E-state index contributed by atoms with van der Waals surface area (Å²) in [5, 5.41) is 8.67. The summed E-state index contributed by atoms with van der Waals surface area (Å²) in [5.41, 5.74) is 6.95. The molecule has 0 spiro atoms. The van der Waals surface area contributed by atoms with Gasteiger partial charge in [-0.3, -0.25) is 4.79 Å². The first-order valence-corrected chi connectivity index (χ1v) is 11.1. The quantitative estimate of drug-likeness (QED) is 0.290. The summed E-state index contributed by atoms with van der Waals surface area (Å²) >= 11 is 0. The molecule has 0 atom stereocenters. The van der Waals surface area contributed by atoms with Crippen LogP contribution in [0.15, 0.2) is 149 Å². The van der Waals surface area contributed by atoms with Crippen molar-refractivity contribution in [1.29, 1.82) is 0 Å². The van der Waals surface area contributed by atoms with Crippen LogP contribution < -0.4 is 0 Å². The van der Waals surface area contributed by atoms with E-state index in [0.717, 1.165) is 33.5 Å². The van der Waals surface area contributed by atoms with Crippen LogP contribution in [0.25, 0.3) is 22.3 Å². The number of azo groups is 1. The Kier molecular flexibility index (Phi) is 6.17. The highest BCUT2D eigenvalue weighted by atomic mass is 16.1. The number of ketones is 1. The molecule has 0 amide bonds. The maximum Gasteiger partial charge on any atom is 0.194 e. The van der Waals surface area contributed by atoms with E-state index < -0.39 is 0 Å². The molecule has 34 heavy (non-hydrogen) atoms. The number of hydrogen-bond donors (Lipinski definition) is 0. The topological polar surface area (TPSA) is 41.8 Å². The van der Waals surface area contributed by atoms with Gasteiger partial charge in [-0.05, 0) is 52.1 Å². The van der Waals surface area contributed by atoms with Crippen molar-refractivity contribution in [3.63, 3.8) is 0 Å². The maximum absolute atomic E-state index is 13.3. The van der Waals surface area contributed by atoms with Gasteiger partial charge in [-0.1, -0.05) is 103 Å². The van der Waals surface area contributed by atoms with Crippen LogP contribution >= 0.6 is 0 Å². The van der Waals surface area contributed by atoms with Gasteiger partial charge in [-0.15, -0.1) is 0 Å². The molecule has 1 aliphatic carbocycles. The van der Waals surface area contributed by atoms with Crippen molar-refractivity contribution in [2.45, 2.75) is 0 Å². The predicted molar refractivity (Wildman–Crippen MR) is 138 cm³/mol. The van der Waals surface area contributed by atoms with Gasteiger partial charge in [0, 0.05) is 11.1 Å². The van der Waals surface area contributed by atoms with Crippen molar-refractivity contribution >= 4 is 22.6 Å². The number of nitrogens with zero attached hydrogens (tertiary/aromatic N) is 2. The Hall–Kier alpha value is -4.63. The van der Waals surface area contributed by atoms with E-state index in [9.17, 15) is 4.79 Å². The SMILES string of the molecule is O=C1C(c2ccccc2)=CC(=CN=Nc2ccc(-c3ccccc3)cc2)C=C1c1ccccc1. The minimum atomic E-state index is 0.00277. The van der Waals surface area contributed by atoms with Crippen molar-refractivity contribution in [2.24, 2.45) is 10.2 Å². The van der Waals surface area contributed by atoms with E-state index in [1.54, 1.807) is 6.20 Å². The average molecular weight is 439 g/mol. The number of rotatable bonds is 5. The van der Waals surface area contributed by atoms with Crippen LogP contribution in [0.4, 0.5) is 5.69 Å². The predicted octanol–water partition coefficient (Wildman–Crippen LogP) is 8.07. The van der Waals surface area contributed by atoms with Crippen molar-refractivity contribution in [2.75, 3.05) is 0 Å². The molecule has 0 unspecified atom stereocenters. The molecular weight excluding hydrogens is 416 g/mol. The Morgan fingerprint density at radius 3 is 1.44 bits per heavy atom. The summed E-state index contributed by atoms with van der Waals surface area (Å²) in [6.07, 6.45) is 5.45. The molecule has 0 N–H and O–H groups in total. The van der Waals surface area contributed by atoms with Gasteiger partial charge in [-0.2, -0.15) is 10.2 Å². The van der Waals surface area contributed by atoms with Crippen LogP contribution in [0.1, 0.15) is 11.1 Å². The third-order valence-corrected chi connectivity index (χ3v) is 5.64. The molecule has 0 aliphatic heterocycles. The highest BCUT2D eigenvalue weighted by Crippen LogP contribution is 2.32. The first kappa shape index (κ1) is 21.2. The molecule has 0 saturated carbocycles. The maximum atomic E-state index is 13.3. The fraction of sp³-hybridized carbons (Fsp3) is 0. The van der Waals surface area contributed by atoms with Crippen LogP contribution in [-0.2, 0) is 4.79 Å². The molecule has 0 radical (unpaired) electrons. The van der Waals surface area contributed by atoms with E-state index in [1.807, 2.05) is 115 Å². The van der Waals surface area contributed by atoms with Gasteiger partial charge < -0.3 is 0 Å². The van der Waals surface area contributed by atoms with E-state index in [2.05, 4.69) is 22.4 Å². The molecule has 5 rings (SSSR count). The standard InChI is InChI=1S/C31H22N2O/c34-31-29(26-12-6-2-7-13-26)20-23(21-30(31)27-14-8-3-9-15-27)22-32-33-28-18-16-25(17-19-28)24-10-4-1-5-11-24/h1-22H. The molecule has 0 saturated heterocycles. The van der Waals surface area contributed by atoms with Crippen molar-refractivity contribution < 1.29 is 4.79 Å². The van der Waals surface area contributed by atoms with Gasteiger partial charge in [0.15, 0.2) is 5.78 Å². The smallest absolute Gasteiger partial charge is 0.194 e. The van der Waals surface area contributed by atoms with E-state index in [1.165, 1.54) is 0 Å². The summed E-state index contributed by atoms with van der Waals surface area (Å²) in [6.45, 7) is 0. The minimum Gasteiger partial charge on any atom is -0.289 e. The number of benzene rings is 4. The first-order chi connectivity index (χ1) is 16.8. The molecule has 0 heterocycles. The molecule has 4 aromatic rings. The Balaban J connectivity index is 1.45. The van der Waals surface area contributed by atoms with Crippen molar-refractivity contribution in [1.82, 2.24) is 0 Å². The van der Waals surface area contributed by atoms with Gasteiger partial charge in [0.1, 0.15) is 0 Å². The molecule has 162 valence electrons. The largest absolute Gasteiger partial charge is 0.289 e. The zero-order valence-electron chi connectivity index (χ0n) is 18.5. The Bertz CT molecular complexity index is 1350. The third-order valence-electron chi connectivity index (χ3n) is 5.64. The second kappa shape index (κ2) is 9.88. The van der Waals surface area contributed by atoms with Gasteiger partial charge in [0.2, 0.25) is 0 Å². The van der Waals surface area contributed by atoms with E-state index in [0.29, 0.717) is 11.1 Å². The summed E-state index contributed by atoms with van der Waals surface area (Å²) in [4.78, 5) is 13.3. The lowest BCUT2D eigenvalue weighted by Crippen LogP contribution is -2.09. The van der Waals surface area contributed by atoms with Crippen LogP contribution in [-0.4, -0.2) is 5.78 Å². The van der Waals surface area contributed by atoms with E-state index >= 15 is 0 Å². The second-order valence-corrected chi connectivity index (χ2v) is 7.93. The summed E-state index contributed by atoms with van der Waals surface area (Å²) in [5.74, 6) is 0.00277. The minimum absolute atomic E-state index is 0.00277. The summed E-state index contributed by atoms with van der Waals surface area (Å²) < 4.78 is 0. The monoisotopic (exact) mass is 438 g/mol. The lowest BCUT2D eigenvalue weighted by molar-refractivity contribution is -0.108. The van der Waals surface area contributed by atoms with E-state index in [-0.39, 0.29) is 5.78 Å². The molecule has 3 nitrogen and oxygen atoms in total. The van der Waals surface area contributed by atoms with Gasteiger partial charge >= 0.3 is 0 Å². The number of hydrogen-bond acceptors (Lipinski definition) is 3. The van der Waals surface area contributed by atoms with Crippen LogP contribution in [0.5, 0.6) is 0 Å².